The average molecular weight is 445 g/mol. The Labute approximate surface area is 188 Å². The molecule has 0 bridgehead atoms. The first-order valence-electron chi connectivity index (χ1n) is 10.3. The molecule has 4 aromatic carbocycles. The van der Waals surface area contributed by atoms with Gasteiger partial charge in [0.05, 0.1) is 17.3 Å². The first-order valence-corrected chi connectivity index (χ1v) is 11.7. The van der Waals surface area contributed by atoms with Gasteiger partial charge in [-0.2, -0.15) is 0 Å². The number of para-hydroxylation sites is 1. The van der Waals surface area contributed by atoms with Gasteiger partial charge < -0.3 is 5.32 Å². The number of sulfonamides is 1. The fourth-order valence-corrected chi connectivity index (χ4v) is 5.02. The zero-order valence-corrected chi connectivity index (χ0v) is 18.7. The van der Waals surface area contributed by atoms with Crippen molar-refractivity contribution in [1.82, 2.24) is 5.32 Å². The van der Waals surface area contributed by atoms with E-state index in [0.29, 0.717) is 5.69 Å². The van der Waals surface area contributed by atoms with Crippen LogP contribution in [0.15, 0.2) is 102 Å². The molecule has 162 valence electrons. The minimum absolute atomic E-state index is 0.0328. The fourth-order valence-electron chi connectivity index (χ4n) is 3.64. The molecule has 1 N–H and O–H groups in total. The Hall–Kier alpha value is -3.64. The van der Waals surface area contributed by atoms with Crippen LogP contribution in [0.3, 0.4) is 0 Å². The summed E-state index contributed by atoms with van der Waals surface area (Å²) in [5.41, 5.74) is 1.58. The molecular weight excluding hydrogens is 420 g/mol. The topological polar surface area (TPSA) is 66.5 Å². The van der Waals surface area contributed by atoms with E-state index >= 15 is 0 Å². The Morgan fingerprint density at radius 1 is 0.812 bits per heavy atom. The summed E-state index contributed by atoms with van der Waals surface area (Å²) in [6.07, 6.45) is 0. The number of nitrogens with zero attached hydrogens (tertiary/aromatic N) is 1. The molecular formula is C26H24N2O3S. The monoisotopic (exact) mass is 444 g/mol. The number of fused-ring (bicyclic) bond motifs is 1. The first kappa shape index (κ1) is 21.6. The molecule has 32 heavy (non-hydrogen) atoms. The van der Waals surface area contributed by atoms with E-state index in [4.69, 9.17) is 0 Å². The van der Waals surface area contributed by atoms with Gasteiger partial charge in [-0.3, -0.25) is 9.10 Å². The maximum Gasteiger partial charge on any atom is 0.264 e. The van der Waals surface area contributed by atoms with Gasteiger partial charge in [0, 0.05) is 7.05 Å². The second-order valence-electron chi connectivity index (χ2n) is 7.61. The normalized spacial score (nSPS) is 12.3. The number of hydrogen-bond acceptors (Lipinski definition) is 3. The Balaban J connectivity index is 1.62. The highest BCUT2D eigenvalue weighted by molar-refractivity contribution is 7.92. The lowest BCUT2D eigenvalue weighted by molar-refractivity contribution is 0.0936. The molecule has 0 fully saturated rings. The SMILES string of the molecule is C[C@H](NC(=O)c1ccccc1S(=O)(=O)N(C)c1ccccc1)c1ccc2ccccc2c1. The molecule has 5 nitrogen and oxygen atoms in total. The number of amides is 1. The Kier molecular flexibility index (Phi) is 5.97. The summed E-state index contributed by atoms with van der Waals surface area (Å²) in [5, 5.41) is 5.15. The molecule has 4 rings (SSSR count). The van der Waals surface area contributed by atoms with Gasteiger partial charge >= 0.3 is 0 Å². The van der Waals surface area contributed by atoms with Crippen molar-refractivity contribution >= 4 is 32.4 Å². The molecule has 0 aromatic heterocycles. The number of carbonyl (C=O) groups is 1. The summed E-state index contributed by atoms with van der Waals surface area (Å²) < 4.78 is 27.8. The van der Waals surface area contributed by atoms with Gasteiger partial charge in [0.1, 0.15) is 4.90 Å². The van der Waals surface area contributed by atoms with Gasteiger partial charge in [0.2, 0.25) is 0 Å². The van der Waals surface area contributed by atoms with E-state index in [1.54, 1.807) is 36.4 Å². The van der Waals surface area contributed by atoms with Crippen molar-refractivity contribution in [3.63, 3.8) is 0 Å². The summed E-state index contributed by atoms with van der Waals surface area (Å²) in [7, 11) is -2.44. The zero-order valence-electron chi connectivity index (χ0n) is 17.9. The van der Waals surface area contributed by atoms with Crippen LogP contribution in [-0.2, 0) is 10.0 Å². The lowest BCUT2D eigenvalue weighted by Gasteiger charge is -2.22. The summed E-state index contributed by atoms with van der Waals surface area (Å²) in [4.78, 5) is 13.1. The number of nitrogens with one attached hydrogen (secondary N) is 1. The van der Waals surface area contributed by atoms with Crippen molar-refractivity contribution in [1.29, 1.82) is 0 Å². The van der Waals surface area contributed by atoms with E-state index in [2.05, 4.69) is 5.32 Å². The number of rotatable bonds is 6. The Morgan fingerprint density at radius 2 is 1.44 bits per heavy atom. The molecule has 1 amide bonds. The van der Waals surface area contributed by atoms with E-state index in [1.165, 1.54) is 23.5 Å². The summed E-state index contributed by atoms with van der Waals surface area (Å²) in [5.74, 6) is -0.439. The largest absolute Gasteiger partial charge is 0.345 e. The van der Waals surface area contributed by atoms with Gasteiger partial charge in [-0.25, -0.2) is 8.42 Å². The maximum atomic E-state index is 13.3. The van der Waals surface area contributed by atoms with Gasteiger partial charge in [0.25, 0.3) is 15.9 Å². The molecule has 0 spiro atoms. The van der Waals surface area contributed by atoms with E-state index in [-0.39, 0.29) is 16.5 Å². The highest BCUT2D eigenvalue weighted by Crippen LogP contribution is 2.25. The van der Waals surface area contributed by atoms with Gasteiger partial charge in [0.15, 0.2) is 0 Å². The van der Waals surface area contributed by atoms with Crippen molar-refractivity contribution in [3.8, 4) is 0 Å². The molecule has 0 saturated heterocycles. The van der Waals surface area contributed by atoms with Crippen LogP contribution in [-0.4, -0.2) is 21.4 Å². The molecule has 0 saturated carbocycles. The lowest BCUT2D eigenvalue weighted by atomic mass is 10.0. The molecule has 1 atom stereocenters. The van der Waals surface area contributed by atoms with E-state index in [0.717, 1.165) is 16.3 Å². The van der Waals surface area contributed by atoms with Crippen LogP contribution in [0.4, 0.5) is 5.69 Å². The standard InChI is InChI=1S/C26H24N2O3S/c1-19(21-17-16-20-10-6-7-11-22(20)18-21)27-26(29)24-14-8-9-15-25(24)32(30,31)28(2)23-12-4-3-5-13-23/h3-19H,1-2H3,(H,27,29)/t19-/m0/s1. The second-order valence-corrected chi connectivity index (χ2v) is 9.54. The molecule has 0 radical (unpaired) electrons. The number of carbonyl (C=O) groups excluding carboxylic acids is 1. The number of hydrogen-bond donors (Lipinski definition) is 1. The van der Waals surface area contributed by atoms with Crippen molar-refractivity contribution in [2.75, 3.05) is 11.4 Å². The minimum Gasteiger partial charge on any atom is -0.345 e. The van der Waals surface area contributed by atoms with Crippen molar-refractivity contribution in [2.24, 2.45) is 0 Å². The molecule has 0 aliphatic rings. The third-order valence-corrected chi connectivity index (χ3v) is 7.35. The average Bonchev–Trinajstić information content (AvgIpc) is 2.83. The van der Waals surface area contributed by atoms with Gasteiger partial charge in [-0.1, -0.05) is 66.7 Å². The van der Waals surface area contributed by atoms with Crippen molar-refractivity contribution in [3.05, 3.63) is 108 Å². The van der Waals surface area contributed by atoms with E-state index < -0.39 is 15.9 Å². The lowest BCUT2D eigenvalue weighted by Crippen LogP contribution is -2.31. The maximum absolute atomic E-state index is 13.3. The zero-order chi connectivity index (χ0) is 22.7. The van der Waals surface area contributed by atoms with Crippen LogP contribution >= 0.6 is 0 Å². The van der Waals surface area contributed by atoms with E-state index in [9.17, 15) is 13.2 Å². The van der Waals surface area contributed by atoms with Crippen molar-refractivity contribution < 1.29 is 13.2 Å². The van der Waals surface area contributed by atoms with Crippen LogP contribution in [0.2, 0.25) is 0 Å². The first-order chi connectivity index (χ1) is 15.4. The van der Waals surface area contributed by atoms with Crippen LogP contribution in [0, 0.1) is 0 Å². The fraction of sp³-hybridized carbons (Fsp3) is 0.115. The quantitative estimate of drug-likeness (QED) is 0.447. The van der Waals surface area contributed by atoms with Crippen molar-refractivity contribution in [2.45, 2.75) is 17.9 Å². The minimum atomic E-state index is -3.92. The molecule has 4 aromatic rings. The Morgan fingerprint density at radius 3 is 2.19 bits per heavy atom. The second kappa shape index (κ2) is 8.85. The highest BCUT2D eigenvalue weighted by atomic mass is 32.2. The molecule has 6 heteroatoms. The smallest absolute Gasteiger partial charge is 0.264 e. The van der Waals surface area contributed by atoms with Gasteiger partial charge in [-0.05, 0) is 53.6 Å². The third kappa shape index (κ3) is 4.22. The van der Waals surface area contributed by atoms with E-state index in [1.807, 2.05) is 55.5 Å². The predicted octanol–water partition coefficient (Wildman–Crippen LogP) is 5.16. The molecule has 0 aliphatic heterocycles. The Bertz CT molecular complexity index is 1370. The van der Waals surface area contributed by atoms with Crippen LogP contribution in [0.1, 0.15) is 28.9 Å². The predicted molar refractivity (Wildman–Crippen MR) is 128 cm³/mol. The molecule has 0 aliphatic carbocycles. The third-order valence-electron chi connectivity index (χ3n) is 5.51. The van der Waals surface area contributed by atoms with Crippen LogP contribution in [0.25, 0.3) is 10.8 Å². The molecule has 0 heterocycles. The summed E-state index contributed by atoms with van der Waals surface area (Å²) in [6, 6.07) is 28.8. The van der Waals surface area contributed by atoms with Gasteiger partial charge in [-0.15, -0.1) is 0 Å². The van der Waals surface area contributed by atoms with Crippen LogP contribution in [0.5, 0.6) is 0 Å². The summed E-state index contributed by atoms with van der Waals surface area (Å²) in [6.45, 7) is 1.88. The number of anilines is 1. The number of benzene rings is 4. The summed E-state index contributed by atoms with van der Waals surface area (Å²) >= 11 is 0. The van der Waals surface area contributed by atoms with Crippen LogP contribution < -0.4 is 9.62 Å². The highest BCUT2D eigenvalue weighted by Gasteiger charge is 2.27. The molecule has 0 unspecified atom stereocenters.